The summed E-state index contributed by atoms with van der Waals surface area (Å²) < 4.78 is 0. The number of carbonyl (C=O) groups excluding carboxylic acids is 3. The van der Waals surface area contributed by atoms with E-state index < -0.39 is 23.3 Å². The highest BCUT2D eigenvalue weighted by molar-refractivity contribution is 6.19. The Morgan fingerprint density at radius 3 is 2.23 bits per heavy atom. The van der Waals surface area contributed by atoms with E-state index in [4.69, 9.17) is 0 Å². The van der Waals surface area contributed by atoms with E-state index >= 15 is 0 Å². The summed E-state index contributed by atoms with van der Waals surface area (Å²) in [6.45, 7) is 0. The molecule has 1 aliphatic rings. The number of rotatable bonds is 6. The van der Waals surface area contributed by atoms with Crippen molar-refractivity contribution in [1.82, 2.24) is 15.6 Å². The van der Waals surface area contributed by atoms with E-state index in [1.807, 2.05) is 48.5 Å². The van der Waals surface area contributed by atoms with Crippen molar-refractivity contribution in [2.24, 2.45) is 5.41 Å². The Balaban J connectivity index is 1.81. The molecule has 6 heteroatoms. The molecule has 0 saturated carbocycles. The fourth-order valence-corrected chi connectivity index (χ4v) is 2.96. The summed E-state index contributed by atoms with van der Waals surface area (Å²) in [7, 11) is 0. The van der Waals surface area contributed by atoms with Crippen LogP contribution in [0, 0.1) is 5.41 Å². The molecule has 2 aromatic rings. The number of hydrogen-bond acceptors (Lipinski definition) is 4. The molecule has 1 fully saturated rings. The maximum absolute atomic E-state index is 12.6. The van der Waals surface area contributed by atoms with Crippen molar-refractivity contribution >= 4 is 23.9 Å². The van der Waals surface area contributed by atoms with Crippen molar-refractivity contribution in [2.45, 2.75) is 19.3 Å². The van der Waals surface area contributed by atoms with Crippen molar-refractivity contribution in [3.63, 3.8) is 0 Å². The van der Waals surface area contributed by atoms with Crippen LogP contribution in [0.15, 0.2) is 60.9 Å². The summed E-state index contributed by atoms with van der Waals surface area (Å²) in [5, 5.41) is 4.46. The summed E-state index contributed by atoms with van der Waals surface area (Å²) in [5.41, 5.74) is 0.635. The zero-order chi connectivity index (χ0) is 18.4. The van der Waals surface area contributed by atoms with Gasteiger partial charge in [0.15, 0.2) is 0 Å². The SMILES string of the molecule is O=C1NC(=O)C(C/C=C/c2ccccc2)(CCc2ccncc2)C(=O)N1. The third-order valence-corrected chi connectivity index (χ3v) is 4.49. The quantitative estimate of drug-likeness (QED) is 0.784. The number of hydrogen-bond donors (Lipinski definition) is 2. The second kappa shape index (κ2) is 7.74. The maximum atomic E-state index is 12.6. The highest BCUT2D eigenvalue weighted by atomic mass is 16.2. The molecule has 2 N–H and O–H groups in total. The smallest absolute Gasteiger partial charge is 0.277 e. The molecular formula is C20H19N3O3. The summed E-state index contributed by atoms with van der Waals surface area (Å²) >= 11 is 0. The number of amides is 4. The van der Waals surface area contributed by atoms with Crippen LogP contribution in [0.3, 0.4) is 0 Å². The lowest BCUT2D eigenvalue weighted by molar-refractivity contribution is -0.144. The normalized spacial score (nSPS) is 16.4. The molecule has 0 aliphatic carbocycles. The molecule has 0 radical (unpaired) electrons. The second-order valence-electron chi connectivity index (χ2n) is 6.19. The Labute approximate surface area is 151 Å². The molecule has 132 valence electrons. The molecular weight excluding hydrogens is 330 g/mol. The Hall–Kier alpha value is -3.28. The fraction of sp³-hybridized carbons (Fsp3) is 0.200. The lowest BCUT2D eigenvalue weighted by Crippen LogP contribution is -2.62. The van der Waals surface area contributed by atoms with E-state index in [9.17, 15) is 14.4 Å². The molecule has 6 nitrogen and oxygen atoms in total. The van der Waals surface area contributed by atoms with Crippen LogP contribution in [0.1, 0.15) is 24.0 Å². The van der Waals surface area contributed by atoms with Gasteiger partial charge in [-0.25, -0.2) is 4.79 Å². The first kappa shape index (κ1) is 17.5. The summed E-state index contributed by atoms with van der Waals surface area (Å²) in [4.78, 5) is 40.5. The molecule has 1 aliphatic heterocycles. The number of aromatic nitrogens is 1. The van der Waals surface area contributed by atoms with Crippen LogP contribution >= 0.6 is 0 Å². The van der Waals surface area contributed by atoms with Crippen LogP contribution < -0.4 is 10.6 Å². The molecule has 1 saturated heterocycles. The summed E-state index contributed by atoms with van der Waals surface area (Å²) in [6.07, 6.45) is 8.03. The third kappa shape index (κ3) is 3.85. The summed E-state index contributed by atoms with van der Waals surface area (Å²) in [5.74, 6) is -1.11. The van der Waals surface area contributed by atoms with Crippen LogP contribution in [0.5, 0.6) is 0 Å². The number of urea groups is 1. The molecule has 0 atom stereocenters. The first-order valence-electron chi connectivity index (χ1n) is 8.37. The minimum absolute atomic E-state index is 0.206. The Kier molecular flexibility index (Phi) is 5.22. The van der Waals surface area contributed by atoms with Crippen molar-refractivity contribution in [3.05, 3.63) is 72.1 Å². The average Bonchev–Trinajstić information content (AvgIpc) is 2.65. The van der Waals surface area contributed by atoms with Crippen molar-refractivity contribution < 1.29 is 14.4 Å². The molecule has 0 spiro atoms. The maximum Gasteiger partial charge on any atom is 0.328 e. The number of nitrogens with one attached hydrogen (secondary N) is 2. The van der Waals surface area contributed by atoms with E-state index in [2.05, 4.69) is 15.6 Å². The zero-order valence-electron chi connectivity index (χ0n) is 14.1. The van der Waals surface area contributed by atoms with Gasteiger partial charge < -0.3 is 0 Å². The number of pyridine rings is 1. The zero-order valence-corrected chi connectivity index (χ0v) is 14.1. The van der Waals surface area contributed by atoms with Gasteiger partial charge >= 0.3 is 6.03 Å². The monoisotopic (exact) mass is 349 g/mol. The van der Waals surface area contributed by atoms with E-state index in [0.717, 1.165) is 11.1 Å². The molecule has 26 heavy (non-hydrogen) atoms. The minimum Gasteiger partial charge on any atom is -0.277 e. The van der Waals surface area contributed by atoms with Gasteiger partial charge in [-0.3, -0.25) is 25.2 Å². The number of barbiturate groups is 1. The van der Waals surface area contributed by atoms with Crippen LogP contribution in [0.2, 0.25) is 0 Å². The first-order valence-corrected chi connectivity index (χ1v) is 8.37. The van der Waals surface area contributed by atoms with Gasteiger partial charge in [-0.05, 0) is 42.5 Å². The van der Waals surface area contributed by atoms with Crippen LogP contribution in [-0.2, 0) is 16.0 Å². The molecule has 0 unspecified atom stereocenters. The first-order chi connectivity index (χ1) is 12.6. The molecule has 4 amide bonds. The van der Waals surface area contributed by atoms with Crippen LogP contribution in [0.4, 0.5) is 4.79 Å². The van der Waals surface area contributed by atoms with E-state index in [1.54, 1.807) is 18.5 Å². The number of carbonyl (C=O) groups is 3. The van der Waals surface area contributed by atoms with Crippen molar-refractivity contribution in [2.75, 3.05) is 0 Å². The number of nitrogens with zero attached hydrogens (tertiary/aromatic N) is 1. The topological polar surface area (TPSA) is 88.2 Å². The van der Waals surface area contributed by atoms with E-state index in [-0.39, 0.29) is 6.42 Å². The van der Waals surface area contributed by atoms with E-state index in [0.29, 0.717) is 12.8 Å². The Morgan fingerprint density at radius 2 is 1.58 bits per heavy atom. The number of benzene rings is 1. The largest absolute Gasteiger partial charge is 0.328 e. The van der Waals surface area contributed by atoms with Crippen molar-refractivity contribution in [3.8, 4) is 0 Å². The predicted molar refractivity (Wildman–Crippen MR) is 96.8 cm³/mol. The Bertz CT molecular complexity index is 812. The van der Waals surface area contributed by atoms with Crippen LogP contribution in [0.25, 0.3) is 6.08 Å². The number of imide groups is 2. The lowest BCUT2D eigenvalue weighted by atomic mass is 9.76. The number of allylic oxidation sites excluding steroid dienone is 1. The molecule has 2 heterocycles. The molecule has 1 aromatic heterocycles. The highest BCUT2D eigenvalue weighted by Crippen LogP contribution is 2.32. The fourth-order valence-electron chi connectivity index (χ4n) is 2.96. The molecule has 3 rings (SSSR count). The second-order valence-corrected chi connectivity index (χ2v) is 6.19. The minimum atomic E-state index is -1.32. The van der Waals surface area contributed by atoms with Gasteiger partial charge in [0.2, 0.25) is 11.8 Å². The van der Waals surface area contributed by atoms with Gasteiger partial charge in [0.1, 0.15) is 5.41 Å². The highest BCUT2D eigenvalue weighted by Gasteiger charge is 2.48. The Morgan fingerprint density at radius 1 is 0.923 bits per heavy atom. The van der Waals surface area contributed by atoms with Gasteiger partial charge in [0, 0.05) is 12.4 Å². The van der Waals surface area contributed by atoms with Gasteiger partial charge in [0.05, 0.1) is 0 Å². The van der Waals surface area contributed by atoms with Gasteiger partial charge in [-0.2, -0.15) is 0 Å². The van der Waals surface area contributed by atoms with Crippen molar-refractivity contribution in [1.29, 1.82) is 0 Å². The lowest BCUT2D eigenvalue weighted by Gasteiger charge is -2.33. The summed E-state index contributed by atoms with van der Waals surface area (Å²) in [6, 6.07) is 12.5. The van der Waals surface area contributed by atoms with Gasteiger partial charge in [-0.1, -0.05) is 42.5 Å². The van der Waals surface area contributed by atoms with Gasteiger partial charge in [0.25, 0.3) is 0 Å². The predicted octanol–water partition coefficient (Wildman–Crippen LogP) is 2.47. The standard InChI is InChI=1S/C20H19N3O3/c24-17-20(18(25)23-19(26)22-17,12-8-16-9-13-21-14-10-16)11-4-7-15-5-2-1-3-6-15/h1-7,9-10,13-14H,8,11-12H2,(H2,22,23,24,25,26)/b7-4+. The third-order valence-electron chi connectivity index (χ3n) is 4.49. The molecule has 1 aromatic carbocycles. The van der Waals surface area contributed by atoms with E-state index in [1.165, 1.54) is 0 Å². The average molecular weight is 349 g/mol. The molecule has 0 bridgehead atoms. The van der Waals surface area contributed by atoms with Crippen LogP contribution in [-0.4, -0.2) is 22.8 Å². The number of aryl methyl sites for hydroxylation is 1. The van der Waals surface area contributed by atoms with Gasteiger partial charge in [-0.15, -0.1) is 0 Å².